The van der Waals surface area contributed by atoms with E-state index in [1.165, 1.54) is 70.1 Å². The number of rotatable bonds is 23. The number of hydrogen-bond donors (Lipinski definition) is 3. The minimum absolute atomic E-state index is 0. The number of carboxylic acids is 1. The smallest absolute Gasteiger partial charge is 0.870 e. The minimum atomic E-state index is -3.87. The van der Waals surface area contributed by atoms with Gasteiger partial charge in [-0.2, -0.15) is 0 Å². The molecule has 0 spiro atoms. The second-order valence-corrected chi connectivity index (χ2v) is 28.0. The van der Waals surface area contributed by atoms with Crippen molar-refractivity contribution in [1.29, 1.82) is 0 Å². The van der Waals surface area contributed by atoms with E-state index >= 15 is 0 Å². The van der Waals surface area contributed by atoms with Crippen molar-refractivity contribution in [2.75, 3.05) is 84.4 Å². The van der Waals surface area contributed by atoms with E-state index in [9.17, 15) is 62.0 Å². The second-order valence-electron chi connectivity index (χ2n) is 23.9. The number of carbonyl (C=O) groups is 6. The van der Waals surface area contributed by atoms with Crippen LogP contribution in [0.2, 0.25) is 0 Å². The van der Waals surface area contributed by atoms with Crippen LogP contribution in [0.1, 0.15) is 63.7 Å². The molecular weight excluding hydrogens is 1380 g/mol. The number of nitrogens with zero attached hydrogens (tertiary/aromatic N) is 8. The molecule has 8 aromatic rings. The van der Waals surface area contributed by atoms with Gasteiger partial charge < -0.3 is 63.7 Å². The van der Waals surface area contributed by atoms with Crippen LogP contribution in [0.25, 0.3) is 21.8 Å². The molecule has 27 nitrogen and oxygen atoms in total. The van der Waals surface area contributed by atoms with Gasteiger partial charge in [0.05, 0.1) is 43.1 Å². The predicted octanol–water partition coefficient (Wildman–Crippen LogP) is 7.53. The van der Waals surface area contributed by atoms with Crippen LogP contribution in [0.15, 0.2) is 146 Å². The van der Waals surface area contributed by atoms with E-state index in [2.05, 4.69) is 9.97 Å². The fourth-order valence-electron chi connectivity index (χ4n) is 11.8. The molecule has 2 unspecified atom stereocenters. The van der Waals surface area contributed by atoms with Crippen molar-refractivity contribution in [3.05, 3.63) is 191 Å². The Hall–Kier alpha value is -9.12. The Morgan fingerprint density at radius 1 is 0.549 bits per heavy atom. The second kappa shape index (κ2) is 34.2. The monoisotopic (exact) mass is 1450 g/mol. The molecule has 6 aromatic carbocycles. The molecule has 4 N–H and O–H groups in total. The maximum absolute atomic E-state index is 13.9. The van der Waals surface area contributed by atoms with Gasteiger partial charge in [0.15, 0.2) is 23.7 Å². The Bertz CT molecular complexity index is 4450. The standard InChI is InChI=1S/C36H38FN4O9P.C34H34FN4O9P.Na.H2O/c1-3-47-35(44)24(2)49-51(46,50-27-8-5-4-6-9-27)21-20-39-16-18-40(19-17-39)36(45)48-33-28-10-7-15-38-31(28)32(42)30-29(33)23-41(34(30)43)22-25-11-13-26(37)14-12-25;1-22(33(42)43)47-49(45,48-25-6-3-2-4-7-25)19-18-37-14-16-38(17-15-37)34(44)46-31-26-8-5-13-36-29(26)30(40)28-27(31)21-39(32(28)41)20-23-9-11-24(35)12-10-23;;/h4-15,24,42H,3,16-23H2,1-2H3;2-13,22,40H,14-21H2,1H3,(H,42,43);;1H2/q;;+1;/p-1/t24-,51?;22-,49?;;/m10../s1. The molecule has 4 aliphatic heterocycles. The van der Waals surface area contributed by atoms with Crippen LogP contribution in [0.4, 0.5) is 18.4 Å². The summed E-state index contributed by atoms with van der Waals surface area (Å²) < 4.78 is 94.0. The van der Waals surface area contributed by atoms with Gasteiger partial charge in [0, 0.05) is 113 Å². The molecule has 0 radical (unpaired) electrons. The Morgan fingerprint density at radius 3 is 1.30 bits per heavy atom. The zero-order chi connectivity index (χ0) is 70.8. The van der Waals surface area contributed by atoms with Crippen LogP contribution < -0.4 is 48.1 Å². The third-order valence-electron chi connectivity index (χ3n) is 17.1. The van der Waals surface area contributed by atoms with Crippen LogP contribution in [-0.4, -0.2) is 193 Å². The van der Waals surface area contributed by atoms with Gasteiger partial charge in [-0.15, -0.1) is 0 Å². The van der Waals surface area contributed by atoms with E-state index in [1.54, 1.807) is 116 Å². The van der Waals surface area contributed by atoms with Gasteiger partial charge in [0.1, 0.15) is 45.7 Å². The molecular formula is C70H73F2N8NaO19P2. The molecule has 2 saturated heterocycles. The maximum Gasteiger partial charge on any atom is 1.00 e. The van der Waals surface area contributed by atoms with E-state index in [1.807, 2.05) is 9.80 Å². The molecule has 0 aliphatic carbocycles. The molecule has 6 heterocycles. The fourth-order valence-corrected chi connectivity index (χ4v) is 15.4. The molecule has 0 saturated carbocycles. The van der Waals surface area contributed by atoms with Crippen molar-refractivity contribution in [3.63, 3.8) is 0 Å². The SMILES string of the molecule is CCOC(=O)[C@@H](C)OP(=O)(CCN1CCN(C(=O)Oc2c3c(c(O)c4ncccc24)C(=O)N(Cc2ccc(F)cc2)C3)CC1)Oc1ccccc1.C[C@H](OP(=O)(CCN1CCN(C(=O)Oc2c3c(c(O)c4ncccc24)C(=O)N(Cc2ccc(F)cc2)C3)CC1)Oc1ccccc1)C(=O)O.[Na+].[OH-]. The van der Waals surface area contributed by atoms with Gasteiger partial charge in [0.2, 0.25) is 0 Å². The number of carbonyl (C=O) groups excluding carboxylic acids is 5. The number of para-hydroxylation sites is 2. The van der Waals surface area contributed by atoms with Crippen molar-refractivity contribution in [1.82, 2.24) is 39.4 Å². The average molecular weight is 1450 g/mol. The number of amides is 4. The first-order chi connectivity index (χ1) is 48.1. The minimum Gasteiger partial charge on any atom is -0.870 e. The first kappa shape index (κ1) is 77.0. The quantitative estimate of drug-likeness (QED) is 0.0316. The molecule has 102 heavy (non-hydrogen) atoms. The molecule has 4 atom stereocenters. The summed E-state index contributed by atoms with van der Waals surface area (Å²) >= 11 is 0. The first-order valence-corrected chi connectivity index (χ1v) is 35.7. The number of aliphatic carboxylic acids is 1. The number of aromatic nitrogens is 2. The summed E-state index contributed by atoms with van der Waals surface area (Å²) in [7, 11) is -7.69. The zero-order valence-corrected chi connectivity index (χ0v) is 60.0. The largest absolute Gasteiger partial charge is 1.00 e. The third-order valence-corrected chi connectivity index (χ3v) is 20.8. The van der Waals surface area contributed by atoms with Crippen molar-refractivity contribution in [2.24, 2.45) is 0 Å². The van der Waals surface area contributed by atoms with Crippen LogP contribution in [0.3, 0.4) is 0 Å². The van der Waals surface area contributed by atoms with Gasteiger partial charge in [-0.3, -0.25) is 38.4 Å². The third kappa shape index (κ3) is 18.4. The van der Waals surface area contributed by atoms with E-state index in [0.29, 0.717) is 77.2 Å². The molecule has 0 bridgehead atoms. The van der Waals surface area contributed by atoms with E-state index in [-0.39, 0.29) is 158 Å². The van der Waals surface area contributed by atoms with Crippen LogP contribution in [0, 0.1) is 11.6 Å². The Labute approximate surface area is 607 Å². The molecule has 4 aliphatic rings. The molecule has 2 aromatic heterocycles. The first-order valence-electron chi connectivity index (χ1n) is 32.2. The summed E-state index contributed by atoms with van der Waals surface area (Å²) in [6, 6.07) is 35.1. The number of hydrogen-bond acceptors (Lipinski definition) is 22. The average Bonchev–Trinajstić information content (AvgIpc) is 1.53. The Morgan fingerprint density at radius 2 is 0.931 bits per heavy atom. The van der Waals surface area contributed by atoms with E-state index < -0.39 is 75.0 Å². The van der Waals surface area contributed by atoms with Crippen molar-refractivity contribution >= 4 is 72.9 Å². The van der Waals surface area contributed by atoms with Crippen molar-refractivity contribution in [2.45, 2.75) is 59.2 Å². The maximum atomic E-state index is 13.9. The summed E-state index contributed by atoms with van der Waals surface area (Å²) in [5, 5.41) is 32.3. The van der Waals surface area contributed by atoms with Gasteiger partial charge >= 0.3 is 68.9 Å². The molecule has 532 valence electrons. The summed E-state index contributed by atoms with van der Waals surface area (Å²) in [5.74, 6) is -3.34. The van der Waals surface area contributed by atoms with E-state index in [0.717, 1.165) is 0 Å². The number of carboxylic acid groups (broad SMARTS) is 1. The number of benzene rings is 6. The number of ether oxygens (including phenoxy) is 3. The topological polar surface area (TPSA) is 337 Å². The molecule has 2 fully saturated rings. The number of esters is 1. The van der Waals surface area contributed by atoms with Crippen LogP contribution >= 0.6 is 15.2 Å². The zero-order valence-electron chi connectivity index (χ0n) is 56.2. The number of halogens is 2. The van der Waals surface area contributed by atoms with Crippen LogP contribution in [0.5, 0.6) is 34.5 Å². The number of phenolic OH excluding ortho intramolecular Hbond substituents is 2. The van der Waals surface area contributed by atoms with E-state index in [4.69, 9.17) is 32.3 Å². The van der Waals surface area contributed by atoms with Gasteiger partial charge in [-0.25, -0.2) is 37.1 Å². The molecule has 12 rings (SSSR count). The predicted molar refractivity (Wildman–Crippen MR) is 361 cm³/mol. The molecule has 32 heteroatoms. The fraction of sp³-hybridized carbons (Fsp3) is 0.314. The normalized spacial score (nSPS) is 16.2. The number of fused-ring (bicyclic) bond motifs is 4. The van der Waals surface area contributed by atoms with Crippen molar-refractivity contribution in [3.8, 4) is 34.5 Å². The number of phenols is 2. The number of aromatic hydroxyl groups is 2. The number of piperazine rings is 2. The summed E-state index contributed by atoms with van der Waals surface area (Å²) in [4.78, 5) is 96.3. The summed E-state index contributed by atoms with van der Waals surface area (Å²) in [6.07, 6.45) is -0.904. The van der Waals surface area contributed by atoms with Crippen LogP contribution in [-0.2, 0) is 58.7 Å². The van der Waals surface area contributed by atoms with Crippen molar-refractivity contribution < 1.29 is 129 Å². The molecule has 4 amide bonds. The summed E-state index contributed by atoms with van der Waals surface area (Å²) in [6.45, 7) is 8.29. The number of pyridine rings is 2. The van der Waals surface area contributed by atoms with Gasteiger partial charge in [-0.05, 0) is 105 Å². The summed E-state index contributed by atoms with van der Waals surface area (Å²) in [5.41, 5.74) is 2.35. The van der Waals surface area contributed by atoms with Gasteiger partial charge in [-0.1, -0.05) is 60.7 Å². The Kier molecular flexibility index (Phi) is 25.9. The van der Waals surface area contributed by atoms with Gasteiger partial charge in [0.25, 0.3) is 11.8 Å². The Balaban J connectivity index is 0.000000233.